The summed E-state index contributed by atoms with van der Waals surface area (Å²) >= 11 is 0. The second-order valence-electron chi connectivity index (χ2n) is 22.8. The van der Waals surface area contributed by atoms with Gasteiger partial charge < -0.3 is 18.9 Å². The molecular formula is C65H123NO8P+. The first-order valence-corrected chi connectivity index (χ1v) is 33.4. The highest BCUT2D eigenvalue weighted by atomic mass is 31.2. The van der Waals surface area contributed by atoms with Gasteiger partial charge in [-0.25, -0.2) is 4.57 Å². The van der Waals surface area contributed by atoms with Crippen molar-refractivity contribution in [2.45, 2.75) is 309 Å². The number of carbonyl (C=O) groups excluding carboxylic acids is 2. The maximum absolute atomic E-state index is 12.8. The summed E-state index contributed by atoms with van der Waals surface area (Å²) in [7, 11) is 1.47. The lowest BCUT2D eigenvalue weighted by Gasteiger charge is -2.24. The molecule has 0 rings (SSSR count). The monoisotopic (exact) mass is 1080 g/mol. The first-order valence-electron chi connectivity index (χ1n) is 31.9. The molecule has 440 valence electrons. The molecule has 0 aromatic carbocycles. The molecule has 0 spiro atoms. The van der Waals surface area contributed by atoms with Crippen molar-refractivity contribution in [3.8, 4) is 0 Å². The van der Waals surface area contributed by atoms with Crippen LogP contribution in [0.2, 0.25) is 0 Å². The van der Waals surface area contributed by atoms with Gasteiger partial charge in [0.1, 0.15) is 19.8 Å². The number of quaternary nitrogens is 1. The number of carbonyl (C=O) groups is 2. The Morgan fingerprint density at radius 3 is 1.13 bits per heavy atom. The Balaban J connectivity index is 3.97. The minimum Gasteiger partial charge on any atom is -0.462 e. The molecular weight excluding hydrogens is 954 g/mol. The number of hydrogen-bond donors (Lipinski definition) is 1. The predicted octanol–water partition coefficient (Wildman–Crippen LogP) is 20.1. The SMILES string of the molecule is CC/C=C\C/C=C\C/C=C\C/C=C\CCCCCCC(=O)OC(COC(=O)CCCCCCCCCCCCCCCCCCCCCCCCCCCCCCCCCCCC)COP(=O)(O)OCC[N+](C)(C)C. The molecule has 75 heavy (non-hydrogen) atoms. The molecule has 0 heterocycles. The van der Waals surface area contributed by atoms with Crippen LogP contribution in [0, 0.1) is 0 Å². The van der Waals surface area contributed by atoms with E-state index in [-0.39, 0.29) is 32.0 Å². The van der Waals surface area contributed by atoms with Gasteiger partial charge in [0.05, 0.1) is 27.7 Å². The summed E-state index contributed by atoms with van der Waals surface area (Å²) in [5.74, 6) is -0.814. The molecule has 0 aliphatic rings. The Kier molecular flexibility index (Phi) is 55.1. The molecule has 0 bridgehead atoms. The molecule has 0 aliphatic carbocycles. The van der Waals surface area contributed by atoms with E-state index in [1.165, 1.54) is 199 Å². The molecule has 10 heteroatoms. The fraction of sp³-hybridized carbons (Fsp3) is 0.846. The molecule has 9 nitrogen and oxygen atoms in total. The minimum atomic E-state index is -4.39. The zero-order valence-corrected chi connectivity index (χ0v) is 50.9. The van der Waals surface area contributed by atoms with Crippen molar-refractivity contribution < 1.29 is 42.1 Å². The third-order valence-electron chi connectivity index (χ3n) is 14.1. The highest BCUT2D eigenvalue weighted by Crippen LogP contribution is 2.43. The number of phosphoric ester groups is 1. The van der Waals surface area contributed by atoms with E-state index in [9.17, 15) is 19.0 Å². The molecule has 0 saturated carbocycles. The zero-order valence-electron chi connectivity index (χ0n) is 50.0. The van der Waals surface area contributed by atoms with Crippen molar-refractivity contribution in [3.63, 3.8) is 0 Å². The lowest BCUT2D eigenvalue weighted by atomic mass is 10.0. The van der Waals surface area contributed by atoms with Crippen molar-refractivity contribution in [1.29, 1.82) is 0 Å². The van der Waals surface area contributed by atoms with Crippen LogP contribution in [-0.4, -0.2) is 74.9 Å². The molecule has 0 amide bonds. The molecule has 0 radical (unpaired) electrons. The number of nitrogens with zero attached hydrogens (tertiary/aromatic N) is 1. The van der Waals surface area contributed by atoms with Gasteiger partial charge in [-0.1, -0.05) is 287 Å². The van der Waals surface area contributed by atoms with Gasteiger partial charge in [0.2, 0.25) is 0 Å². The van der Waals surface area contributed by atoms with Gasteiger partial charge in [0.25, 0.3) is 0 Å². The lowest BCUT2D eigenvalue weighted by Crippen LogP contribution is -2.37. The summed E-state index contributed by atoms with van der Waals surface area (Å²) in [5, 5.41) is 0. The van der Waals surface area contributed by atoms with Crippen LogP contribution in [0.5, 0.6) is 0 Å². The fourth-order valence-corrected chi connectivity index (χ4v) is 9.99. The summed E-state index contributed by atoms with van der Waals surface area (Å²) < 4.78 is 34.6. The Morgan fingerprint density at radius 2 is 0.760 bits per heavy atom. The molecule has 0 saturated heterocycles. The largest absolute Gasteiger partial charge is 0.472 e. The maximum Gasteiger partial charge on any atom is 0.472 e. The third-order valence-corrected chi connectivity index (χ3v) is 15.1. The number of likely N-dealkylation sites (N-methyl/N-ethyl adjacent to an activating group) is 1. The van der Waals surface area contributed by atoms with Gasteiger partial charge in [0.15, 0.2) is 6.10 Å². The van der Waals surface area contributed by atoms with Crippen LogP contribution in [-0.2, 0) is 32.7 Å². The van der Waals surface area contributed by atoms with Crippen molar-refractivity contribution in [2.24, 2.45) is 0 Å². The Bertz CT molecular complexity index is 1410. The van der Waals surface area contributed by atoms with Crippen LogP contribution >= 0.6 is 7.82 Å². The normalized spacial score (nSPS) is 13.5. The van der Waals surface area contributed by atoms with E-state index in [0.29, 0.717) is 17.4 Å². The fourth-order valence-electron chi connectivity index (χ4n) is 9.25. The summed E-state index contributed by atoms with van der Waals surface area (Å²) in [5.41, 5.74) is 0. The molecule has 2 unspecified atom stereocenters. The second kappa shape index (κ2) is 56.7. The maximum atomic E-state index is 12.8. The average molecular weight is 1080 g/mol. The van der Waals surface area contributed by atoms with E-state index < -0.39 is 26.5 Å². The van der Waals surface area contributed by atoms with E-state index in [2.05, 4.69) is 62.5 Å². The van der Waals surface area contributed by atoms with Crippen LogP contribution in [0.4, 0.5) is 0 Å². The molecule has 1 N–H and O–H groups in total. The standard InChI is InChI=1S/C65H122NO8P/c1-6-8-10-12-14-16-18-20-22-24-25-26-27-28-29-30-31-32-33-34-35-36-37-38-39-40-42-43-45-47-49-51-53-55-57-64(67)71-61-63(62-73-75(69,70)72-60-59-66(3,4)5)74-65(68)58-56-54-52-50-48-46-44-41-23-21-19-17-15-13-11-9-7-2/h9,11,15,17,21,23,44,46,63H,6-8,10,12-14,16,18-20,22,24-43,45,47-62H2,1-5H3/p+1/b11-9-,17-15-,23-21-,46-44-. The zero-order chi connectivity index (χ0) is 54.9. The first-order chi connectivity index (χ1) is 36.5. The van der Waals surface area contributed by atoms with E-state index in [4.69, 9.17) is 18.5 Å². The van der Waals surface area contributed by atoms with Gasteiger partial charge in [-0.2, -0.15) is 0 Å². The Morgan fingerprint density at radius 1 is 0.427 bits per heavy atom. The van der Waals surface area contributed by atoms with Gasteiger partial charge >= 0.3 is 19.8 Å². The summed E-state index contributed by atoms with van der Waals surface area (Å²) in [6.45, 7) is 4.33. The second-order valence-corrected chi connectivity index (χ2v) is 24.2. The van der Waals surface area contributed by atoms with Crippen molar-refractivity contribution >= 4 is 19.8 Å². The van der Waals surface area contributed by atoms with Crippen molar-refractivity contribution in [1.82, 2.24) is 0 Å². The number of rotatable bonds is 59. The van der Waals surface area contributed by atoms with Crippen LogP contribution in [0.15, 0.2) is 48.6 Å². The summed E-state index contributed by atoms with van der Waals surface area (Å²) in [6.07, 6.45) is 72.2. The highest BCUT2D eigenvalue weighted by molar-refractivity contribution is 7.47. The molecule has 0 fully saturated rings. The van der Waals surface area contributed by atoms with Gasteiger partial charge in [0, 0.05) is 12.8 Å². The highest BCUT2D eigenvalue weighted by Gasteiger charge is 2.27. The van der Waals surface area contributed by atoms with E-state index >= 15 is 0 Å². The Labute approximate surface area is 464 Å². The van der Waals surface area contributed by atoms with E-state index in [1.54, 1.807) is 0 Å². The smallest absolute Gasteiger partial charge is 0.462 e. The van der Waals surface area contributed by atoms with Crippen LogP contribution in [0.3, 0.4) is 0 Å². The number of ether oxygens (including phenoxy) is 2. The van der Waals surface area contributed by atoms with Crippen LogP contribution in [0.25, 0.3) is 0 Å². The lowest BCUT2D eigenvalue weighted by molar-refractivity contribution is -0.870. The predicted molar refractivity (Wildman–Crippen MR) is 321 cm³/mol. The number of phosphoric acid groups is 1. The van der Waals surface area contributed by atoms with Gasteiger partial charge in [-0.3, -0.25) is 18.6 Å². The number of hydrogen-bond acceptors (Lipinski definition) is 7. The topological polar surface area (TPSA) is 108 Å². The summed E-state index contributed by atoms with van der Waals surface area (Å²) in [4.78, 5) is 35.7. The van der Waals surface area contributed by atoms with E-state index in [0.717, 1.165) is 70.6 Å². The molecule has 2 atom stereocenters. The van der Waals surface area contributed by atoms with Gasteiger partial charge in [-0.05, 0) is 51.4 Å². The molecule has 0 aliphatic heterocycles. The molecule has 0 aromatic rings. The Hall–Kier alpha value is -2.03. The van der Waals surface area contributed by atoms with Crippen LogP contribution < -0.4 is 0 Å². The first kappa shape index (κ1) is 73.0. The number of allylic oxidation sites excluding steroid dienone is 8. The quantitative estimate of drug-likeness (QED) is 0.0211. The van der Waals surface area contributed by atoms with Gasteiger partial charge in [-0.15, -0.1) is 0 Å². The van der Waals surface area contributed by atoms with E-state index in [1.807, 2.05) is 21.1 Å². The minimum absolute atomic E-state index is 0.0265. The molecule has 0 aromatic heterocycles. The third kappa shape index (κ3) is 61.1. The summed E-state index contributed by atoms with van der Waals surface area (Å²) in [6, 6.07) is 0. The number of unbranched alkanes of at least 4 members (excludes halogenated alkanes) is 37. The van der Waals surface area contributed by atoms with Crippen molar-refractivity contribution in [2.75, 3.05) is 47.5 Å². The average Bonchev–Trinajstić information content (AvgIpc) is 3.37. The van der Waals surface area contributed by atoms with Crippen LogP contribution in [0.1, 0.15) is 303 Å². The van der Waals surface area contributed by atoms with Crippen molar-refractivity contribution in [3.05, 3.63) is 48.6 Å². The number of esters is 2.